The van der Waals surface area contributed by atoms with Gasteiger partial charge in [0.1, 0.15) is 17.0 Å². The first-order valence-corrected chi connectivity index (χ1v) is 10.1. The minimum atomic E-state index is -1.34. The molecule has 0 saturated heterocycles. The molecule has 0 fully saturated rings. The highest BCUT2D eigenvalue weighted by atomic mass is 16.6. The smallest absolute Gasteiger partial charge is 0.339 e. The number of carboxylic acids is 1. The zero-order chi connectivity index (χ0) is 24.0. The summed E-state index contributed by atoms with van der Waals surface area (Å²) in [6.07, 6.45) is 0. The summed E-state index contributed by atoms with van der Waals surface area (Å²) >= 11 is 0. The number of aromatic carboxylic acids is 1. The molecule has 10 nitrogen and oxygen atoms in total. The van der Waals surface area contributed by atoms with Gasteiger partial charge >= 0.3 is 5.97 Å². The van der Waals surface area contributed by atoms with Crippen LogP contribution in [0.5, 0.6) is 5.75 Å². The summed E-state index contributed by atoms with van der Waals surface area (Å²) < 4.78 is 0. The molecule has 0 radical (unpaired) electrons. The minimum Gasteiger partial charge on any atom is -0.507 e. The van der Waals surface area contributed by atoms with Gasteiger partial charge in [-0.05, 0) is 35.9 Å². The molecule has 4 aromatic rings. The predicted molar refractivity (Wildman–Crippen MR) is 121 cm³/mol. The molecule has 0 spiro atoms. The van der Waals surface area contributed by atoms with Crippen LogP contribution in [0.1, 0.15) is 38.0 Å². The first-order valence-electron chi connectivity index (χ1n) is 10.1. The Morgan fingerprint density at radius 2 is 1.76 bits per heavy atom. The van der Waals surface area contributed by atoms with E-state index in [-0.39, 0.29) is 22.6 Å². The molecule has 10 heteroatoms. The predicted octanol–water partition coefficient (Wildman–Crippen LogP) is 4.14. The molecular weight excluding hydrogens is 440 g/mol. The van der Waals surface area contributed by atoms with Gasteiger partial charge in [0.05, 0.1) is 16.7 Å². The second kappa shape index (κ2) is 7.85. The van der Waals surface area contributed by atoms with Crippen LogP contribution in [0, 0.1) is 10.1 Å². The Balaban J connectivity index is 1.72. The van der Waals surface area contributed by atoms with E-state index in [4.69, 9.17) is 0 Å². The third-order valence-corrected chi connectivity index (χ3v) is 5.72. The monoisotopic (exact) mass is 456 g/mol. The lowest BCUT2D eigenvalue weighted by molar-refractivity contribution is -0.384. The molecule has 0 aliphatic carbocycles. The fourth-order valence-corrected chi connectivity index (χ4v) is 4.17. The van der Waals surface area contributed by atoms with Crippen molar-refractivity contribution >= 4 is 23.3 Å². The van der Waals surface area contributed by atoms with E-state index < -0.39 is 28.6 Å². The maximum Gasteiger partial charge on any atom is 0.339 e. The summed E-state index contributed by atoms with van der Waals surface area (Å²) in [5, 5.41) is 37.7. The highest BCUT2D eigenvalue weighted by molar-refractivity contribution is 6.12. The number of fused-ring (bicyclic) bond motifs is 1. The average Bonchev–Trinajstić information content (AvgIpc) is 3.39. The van der Waals surface area contributed by atoms with E-state index in [1.54, 1.807) is 12.1 Å². The van der Waals surface area contributed by atoms with Gasteiger partial charge in [-0.3, -0.25) is 24.9 Å². The lowest BCUT2D eigenvalue weighted by Gasteiger charge is -2.27. The van der Waals surface area contributed by atoms with Gasteiger partial charge in [0.2, 0.25) is 0 Å². The number of carbonyl (C=O) groups is 2. The molecule has 1 aliphatic rings. The van der Waals surface area contributed by atoms with Crippen LogP contribution in [0.25, 0.3) is 11.3 Å². The maximum atomic E-state index is 13.5. The second-order valence-electron chi connectivity index (χ2n) is 7.66. The van der Waals surface area contributed by atoms with E-state index in [9.17, 15) is 29.9 Å². The van der Waals surface area contributed by atoms with E-state index in [2.05, 4.69) is 10.2 Å². The van der Waals surface area contributed by atoms with Crippen LogP contribution in [0.15, 0.2) is 72.8 Å². The Labute approximate surface area is 191 Å². The van der Waals surface area contributed by atoms with Crippen molar-refractivity contribution in [1.82, 2.24) is 10.2 Å². The van der Waals surface area contributed by atoms with Gasteiger partial charge in [-0.2, -0.15) is 5.10 Å². The van der Waals surface area contributed by atoms with Gasteiger partial charge in [-0.25, -0.2) is 4.79 Å². The Bertz CT molecular complexity index is 1450. The quantitative estimate of drug-likeness (QED) is 0.302. The highest BCUT2D eigenvalue weighted by Crippen LogP contribution is 2.45. The zero-order valence-electron chi connectivity index (χ0n) is 17.4. The van der Waals surface area contributed by atoms with Crippen LogP contribution in [0.2, 0.25) is 0 Å². The number of carbonyl (C=O) groups excluding carboxylic acids is 1. The Morgan fingerprint density at radius 1 is 1.06 bits per heavy atom. The lowest BCUT2D eigenvalue weighted by Crippen LogP contribution is -2.29. The number of nitro groups is 1. The normalized spacial score (nSPS) is 14.8. The van der Waals surface area contributed by atoms with Crippen LogP contribution >= 0.6 is 0 Å². The number of hydrogen-bond donors (Lipinski definition) is 3. The number of anilines is 1. The van der Waals surface area contributed by atoms with Crippen LogP contribution in [-0.2, 0) is 0 Å². The molecule has 3 aromatic carbocycles. The van der Waals surface area contributed by atoms with Crippen molar-refractivity contribution in [2.75, 3.05) is 4.90 Å². The number of nitrogens with zero attached hydrogens (tertiary/aromatic N) is 3. The third-order valence-electron chi connectivity index (χ3n) is 5.72. The van der Waals surface area contributed by atoms with Gasteiger partial charge in [0.25, 0.3) is 11.6 Å². The largest absolute Gasteiger partial charge is 0.507 e. The maximum absolute atomic E-state index is 13.5. The van der Waals surface area contributed by atoms with E-state index in [1.807, 2.05) is 30.3 Å². The van der Waals surface area contributed by atoms with Crippen LogP contribution in [-0.4, -0.2) is 37.2 Å². The van der Waals surface area contributed by atoms with Crippen molar-refractivity contribution in [1.29, 1.82) is 0 Å². The van der Waals surface area contributed by atoms with Crippen molar-refractivity contribution < 1.29 is 24.7 Å². The number of H-pyrrole nitrogens is 1. The summed E-state index contributed by atoms with van der Waals surface area (Å²) in [6.45, 7) is 0. The Kier molecular flexibility index (Phi) is 4.82. The molecule has 1 aliphatic heterocycles. The molecule has 168 valence electrons. The number of non-ortho nitro benzene ring substituents is 1. The molecule has 5 rings (SSSR count). The van der Waals surface area contributed by atoms with E-state index >= 15 is 0 Å². The standard InChI is InChI=1S/C24H16N4O6/c29-18-11-10-16(12-17(18)24(31)32)27-22(14-6-8-15(9-7-14)28(33)34)19-20(13-4-2-1-3-5-13)25-26-21(19)23(27)30/h1-12,22,29H,(H,25,26)(H,31,32). The summed E-state index contributed by atoms with van der Waals surface area (Å²) in [6, 6.07) is 18.1. The van der Waals surface area contributed by atoms with Gasteiger partial charge in [-0.15, -0.1) is 0 Å². The van der Waals surface area contributed by atoms with Gasteiger partial charge < -0.3 is 10.2 Å². The fraction of sp³-hybridized carbons (Fsp3) is 0.0417. The molecule has 3 N–H and O–H groups in total. The summed E-state index contributed by atoms with van der Waals surface area (Å²) in [5.74, 6) is -2.22. The number of nitrogens with one attached hydrogen (secondary N) is 1. The molecular formula is C24H16N4O6. The number of aromatic hydroxyl groups is 1. The summed E-state index contributed by atoms with van der Waals surface area (Å²) in [7, 11) is 0. The first kappa shape index (κ1) is 20.9. The molecule has 1 aromatic heterocycles. The van der Waals surface area contributed by atoms with Crippen molar-refractivity contribution in [3.63, 3.8) is 0 Å². The topological polar surface area (TPSA) is 150 Å². The highest BCUT2D eigenvalue weighted by Gasteiger charge is 2.43. The molecule has 1 atom stereocenters. The first-order chi connectivity index (χ1) is 16.4. The number of rotatable bonds is 5. The molecule has 1 unspecified atom stereocenters. The van der Waals surface area contributed by atoms with Crippen LogP contribution < -0.4 is 4.90 Å². The Hall–Kier alpha value is -4.99. The number of carboxylic acid groups (broad SMARTS) is 1. The number of amides is 1. The van der Waals surface area contributed by atoms with Crippen molar-refractivity contribution in [3.05, 3.63) is 105 Å². The minimum absolute atomic E-state index is 0.104. The summed E-state index contributed by atoms with van der Waals surface area (Å²) in [4.78, 5) is 37.1. The van der Waals surface area contributed by atoms with Gasteiger partial charge in [0, 0.05) is 28.9 Å². The molecule has 2 heterocycles. The van der Waals surface area contributed by atoms with Crippen LogP contribution in [0.3, 0.4) is 0 Å². The summed E-state index contributed by atoms with van der Waals surface area (Å²) in [5.41, 5.74) is 2.44. The van der Waals surface area contributed by atoms with E-state index in [0.29, 0.717) is 16.8 Å². The number of hydrogen-bond acceptors (Lipinski definition) is 6. The van der Waals surface area contributed by atoms with Crippen molar-refractivity contribution in [3.8, 4) is 17.0 Å². The fourth-order valence-electron chi connectivity index (χ4n) is 4.17. The number of benzene rings is 3. The van der Waals surface area contributed by atoms with Gasteiger partial charge in [0.15, 0.2) is 0 Å². The van der Waals surface area contributed by atoms with Gasteiger partial charge in [-0.1, -0.05) is 30.3 Å². The van der Waals surface area contributed by atoms with E-state index in [1.165, 1.54) is 35.2 Å². The zero-order valence-corrected chi connectivity index (χ0v) is 17.4. The SMILES string of the molecule is O=C(O)c1cc(N2C(=O)c3[nH]nc(-c4ccccc4)c3C2c2ccc([N+](=O)[O-])cc2)ccc1O. The number of aromatic amines is 1. The Morgan fingerprint density at radius 3 is 2.41 bits per heavy atom. The lowest BCUT2D eigenvalue weighted by atomic mass is 9.95. The molecule has 0 bridgehead atoms. The second-order valence-corrected chi connectivity index (χ2v) is 7.66. The number of nitro benzene ring substituents is 1. The van der Waals surface area contributed by atoms with E-state index in [0.717, 1.165) is 5.56 Å². The molecule has 0 saturated carbocycles. The molecule has 1 amide bonds. The van der Waals surface area contributed by atoms with Crippen LogP contribution in [0.4, 0.5) is 11.4 Å². The molecule has 34 heavy (non-hydrogen) atoms. The number of aromatic nitrogens is 2. The number of phenols is 1. The third kappa shape index (κ3) is 3.25. The van der Waals surface area contributed by atoms with Crippen molar-refractivity contribution in [2.45, 2.75) is 6.04 Å². The average molecular weight is 456 g/mol. The van der Waals surface area contributed by atoms with Crippen molar-refractivity contribution in [2.24, 2.45) is 0 Å².